The molecule has 1 aromatic carbocycles. The van der Waals surface area contributed by atoms with Crippen molar-refractivity contribution in [2.45, 2.75) is 38.5 Å². The Balaban J connectivity index is 1.42. The number of rotatable bonds is 3. The zero-order chi connectivity index (χ0) is 18.3. The molecule has 3 heterocycles. The summed E-state index contributed by atoms with van der Waals surface area (Å²) in [5.41, 5.74) is 1.82. The Labute approximate surface area is 153 Å². The zero-order valence-corrected chi connectivity index (χ0v) is 15.2. The number of imidazole rings is 1. The predicted octanol–water partition coefficient (Wildman–Crippen LogP) is 2.73. The van der Waals surface area contributed by atoms with Crippen LogP contribution in [-0.2, 0) is 16.6 Å². The van der Waals surface area contributed by atoms with E-state index in [4.69, 9.17) is 0 Å². The van der Waals surface area contributed by atoms with Crippen LogP contribution in [0.4, 0.5) is 5.69 Å². The predicted molar refractivity (Wildman–Crippen MR) is 99.0 cm³/mol. The van der Waals surface area contributed by atoms with Crippen LogP contribution >= 0.6 is 0 Å². The Morgan fingerprint density at radius 2 is 2.08 bits per heavy atom. The molecule has 0 atom stereocenters. The van der Waals surface area contributed by atoms with Crippen LogP contribution in [0.15, 0.2) is 30.6 Å². The summed E-state index contributed by atoms with van der Waals surface area (Å²) < 4.78 is 0. The Hall–Kier alpha value is -2.63. The van der Waals surface area contributed by atoms with E-state index in [1.807, 2.05) is 43.1 Å². The number of hydrogen-bond acceptors (Lipinski definition) is 3. The van der Waals surface area contributed by atoms with Gasteiger partial charge in [0, 0.05) is 43.2 Å². The second-order valence-corrected chi connectivity index (χ2v) is 7.82. The smallest absolute Gasteiger partial charge is 0.253 e. The minimum absolute atomic E-state index is 0.0177. The highest BCUT2D eigenvalue weighted by atomic mass is 16.2. The Kier molecular flexibility index (Phi) is 4.05. The molecule has 136 valence electrons. The summed E-state index contributed by atoms with van der Waals surface area (Å²) in [7, 11) is 0. The van der Waals surface area contributed by atoms with Crippen molar-refractivity contribution >= 4 is 17.5 Å². The number of amides is 2. The van der Waals surface area contributed by atoms with E-state index in [0.717, 1.165) is 49.4 Å². The van der Waals surface area contributed by atoms with E-state index in [9.17, 15) is 9.59 Å². The summed E-state index contributed by atoms with van der Waals surface area (Å²) in [6.07, 6.45) is 6.54. The summed E-state index contributed by atoms with van der Waals surface area (Å²) in [6.45, 7) is 5.33. The number of nitrogens with zero attached hydrogens (tertiary/aromatic N) is 2. The quantitative estimate of drug-likeness (QED) is 0.891. The molecular formula is C20H24N4O2. The van der Waals surface area contributed by atoms with Crippen LogP contribution in [0.5, 0.6) is 0 Å². The average Bonchev–Trinajstić information content (AvgIpc) is 3.21. The van der Waals surface area contributed by atoms with Crippen LogP contribution in [-0.4, -0.2) is 39.8 Å². The first kappa shape index (κ1) is 16.8. The first-order valence-corrected chi connectivity index (χ1v) is 9.18. The van der Waals surface area contributed by atoms with Crippen LogP contribution in [0.1, 0.15) is 48.4 Å². The second-order valence-electron chi connectivity index (χ2n) is 7.82. The third-order valence-corrected chi connectivity index (χ3v) is 5.69. The van der Waals surface area contributed by atoms with Gasteiger partial charge in [0.15, 0.2) is 0 Å². The van der Waals surface area contributed by atoms with Gasteiger partial charge in [-0.25, -0.2) is 4.98 Å². The van der Waals surface area contributed by atoms with Crippen molar-refractivity contribution in [2.24, 2.45) is 5.92 Å². The number of fused-ring (bicyclic) bond motifs is 1. The van der Waals surface area contributed by atoms with Gasteiger partial charge in [0.1, 0.15) is 5.82 Å². The molecular weight excluding hydrogens is 328 g/mol. The van der Waals surface area contributed by atoms with Gasteiger partial charge in [-0.05, 0) is 50.3 Å². The molecule has 0 spiro atoms. The zero-order valence-electron chi connectivity index (χ0n) is 15.2. The summed E-state index contributed by atoms with van der Waals surface area (Å²) in [4.78, 5) is 34.3. The summed E-state index contributed by atoms with van der Waals surface area (Å²) in [5.74, 6) is 1.61. The largest absolute Gasteiger partial charge is 0.349 e. The van der Waals surface area contributed by atoms with Crippen molar-refractivity contribution in [2.75, 3.05) is 18.4 Å². The van der Waals surface area contributed by atoms with Gasteiger partial charge in [-0.2, -0.15) is 0 Å². The number of likely N-dealkylation sites (tertiary alicyclic amines) is 1. The van der Waals surface area contributed by atoms with E-state index in [1.165, 1.54) is 0 Å². The van der Waals surface area contributed by atoms with Gasteiger partial charge >= 0.3 is 0 Å². The lowest BCUT2D eigenvalue weighted by atomic mass is 9.86. The normalized spacial score (nSPS) is 19.3. The fourth-order valence-electron chi connectivity index (χ4n) is 3.93. The Morgan fingerprint density at radius 3 is 2.77 bits per heavy atom. The van der Waals surface area contributed by atoms with E-state index >= 15 is 0 Å². The first-order valence-electron chi connectivity index (χ1n) is 9.18. The van der Waals surface area contributed by atoms with Crippen molar-refractivity contribution in [3.8, 4) is 0 Å². The van der Waals surface area contributed by atoms with Gasteiger partial charge in [0.05, 0.1) is 5.41 Å². The van der Waals surface area contributed by atoms with Gasteiger partial charge in [-0.15, -0.1) is 0 Å². The minimum Gasteiger partial charge on any atom is -0.349 e. The van der Waals surface area contributed by atoms with Crippen LogP contribution in [0.2, 0.25) is 0 Å². The molecule has 26 heavy (non-hydrogen) atoms. The molecule has 2 aliphatic heterocycles. The van der Waals surface area contributed by atoms with E-state index in [2.05, 4.69) is 15.3 Å². The third-order valence-electron chi connectivity index (χ3n) is 5.69. The molecule has 6 heteroatoms. The van der Waals surface area contributed by atoms with Crippen LogP contribution in [0, 0.1) is 5.92 Å². The molecule has 1 fully saturated rings. The molecule has 2 aromatic rings. The van der Waals surface area contributed by atoms with E-state index in [1.54, 1.807) is 6.20 Å². The van der Waals surface area contributed by atoms with Crippen LogP contribution in [0.3, 0.4) is 0 Å². The first-order chi connectivity index (χ1) is 12.4. The number of nitrogens with one attached hydrogen (secondary N) is 2. The molecule has 6 nitrogen and oxygen atoms in total. The summed E-state index contributed by atoms with van der Waals surface area (Å²) in [6, 6.07) is 5.57. The van der Waals surface area contributed by atoms with Crippen molar-refractivity contribution in [3.05, 3.63) is 47.5 Å². The Morgan fingerprint density at radius 1 is 1.31 bits per heavy atom. The highest BCUT2D eigenvalue weighted by Crippen LogP contribution is 2.37. The molecule has 0 bridgehead atoms. The van der Waals surface area contributed by atoms with Crippen molar-refractivity contribution in [1.29, 1.82) is 0 Å². The number of anilines is 1. The van der Waals surface area contributed by atoms with Gasteiger partial charge in [-0.1, -0.05) is 6.07 Å². The highest BCUT2D eigenvalue weighted by Gasteiger charge is 2.38. The minimum atomic E-state index is -0.541. The standard InChI is InChI=1S/C20H24N4O2/c1-20(2)15-4-3-14(12-16(15)23-19(20)26)18(25)24-9-5-13(6-10-24)11-17-21-7-8-22-17/h3-4,7-8,12-13H,5-6,9-11H2,1-2H3,(H,21,22)(H,23,26). The lowest BCUT2D eigenvalue weighted by Gasteiger charge is -2.32. The number of aromatic nitrogens is 2. The number of carbonyl (C=O) groups is 2. The highest BCUT2D eigenvalue weighted by molar-refractivity contribution is 6.07. The number of hydrogen-bond donors (Lipinski definition) is 2. The maximum Gasteiger partial charge on any atom is 0.253 e. The number of piperidine rings is 1. The molecule has 0 radical (unpaired) electrons. The maximum absolute atomic E-state index is 12.9. The van der Waals surface area contributed by atoms with Crippen LogP contribution < -0.4 is 5.32 Å². The monoisotopic (exact) mass is 352 g/mol. The van der Waals surface area contributed by atoms with Crippen molar-refractivity contribution in [3.63, 3.8) is 0 Å². The maximum atomic E-state index is 12.9. The molecule has 2 amide bonds. The molecule has 2 N–H and O–H groups in total. The average molecular weight is 352 g/mol. The SMILES string of the molecule is CC1(C)C(=O)Nc2cc(C(=O)N3CCC(Cc4ncc[nH]4)CC3)ccc21. The molecule has 2 aliphatic rings. The van der Waals surface area contributed by atoms with Gasteiger partial charge in [0.2, 0.25) is 5.91 Å². The molecule has 1 aromatic heterocycles. The summed E-state index contributed by atoms with van der Waals surface area (Å²) >= 11 is 0. The fraction of sp³-hybridized carbons (Fsp3) is 0.450. The summed E-state index contributed by atoms with van der Waals surface area (Å²) in [5, 5.41) is 2.90. The number of benzene rings is 1. The third kappa shape index (κ3) is 2.89. The lowest BCUT2D eigenvalue weighted by Crippen LogP contribution is -2.39. The van der Waals surface area contributed by atoms with E-state index in [-0.39, 0.29) is 11.8 Å². The van der Waals surface area contributed by atoms with Crippen LogP contribution in [0.25, 0.3) is 0 Å². The molecule has 0 unspecified atom stereocenters. The van der Waals surface area contributed by atoms with E-state index < -0.39 is 5.41 Å². The fourth-order valence-corrected chi connectivity index (χ4v) is 3.93. The Bertz CT molecular complexity index is 834. The topological polar surface area (TPSA) is 78.1 Å². The number of carbonyl (C=O) groups excluding carboxylic acids is 2. The molecule has 4 rings (SSSR count). The molecule has 0 aliphatic carbocycles. The number of aromatic amines is 1. The van der Waals surface area contributed by atoms with Crippen molar-refractivity contribution in [1.82, 2.24) is 14.9 Å². The second kappa shape index (κ2) is 6.27. The van der Waals surface area contributed by atoms with Gasteiger partial charge in [0.25, 0.3) is 5.91 Å². The van der Waals surface area contributed by atoms with E-state index in [0.29, 0.717) is 11.5 Å². The van der Waals surface area contributed by atoms with Crippen molar-refractivity contribution < 1.29 is 9.59 Å². The number of H-pyrrole nitrogens is 1. The van der Waals surface area contributed by atoms with Gasteiger partial charge in [-0.3, -0.25) is 9.59 Å². The van der Waals surface area contributed by atoms with Gasteiger partial charge < -0.3 is 15.2 Å². The lowest BCUT2D eigenvalue weighted by molar-refractivity contribution is -0.119. The molecule has 1 saturated heterocycles. The molecule has 0 saturated carbocycles.